The van der Waals surface area contributed by atoms with Crippen LogP contribution in [0.15, 0.2) is 6.07 Å². The van der Waals surface area contributed by atoms with Gasteiger partial charge < -0.3 is 5.32 Å². The number of hydrogen-bond acceptors (Lipinski definition) is 4. The maximum absolute atomic E-state index is 12.1. The molecule has 1 aromatic rings. The fraction of sp³-hybridized carbons (Fsp3) is 0.733. The lowest BCUT2D eigenvalue weighted by molar-refractivity contribution is -0.122. The van der Waals surface area contributed by atoms with Crippen LogP contribution in [0, 0.1) is 13.8 Å². The molecule has 1 aliphatic rings. The van der Waals surface area contributed by atoms with Crippen LogP contribution >= 0.6 is 0 Å². The van der Waals surface area contributed by atoms with Crippen LogP contribution in [0.25, 0.3) is 0 Å². The zero-order chi connectivity index (χ0) is 17.0. The molecule has 1 aromatic heterocycles. The van der Waals surface area contributed by atoms with E-state index in [1.54, 1.807) is 6.92 Å². The first-order valence-corrected chi connectivity index (χ1v) is 9.71. The van der Waals surface area contributed by atoms with Crippen LogP contribution in [0.4, 0.5) is 0 Å². The predicted octanol–water partition coefficient (Wildman–Crippen LogP) is 0.820. The van der Waals surface area contributed by atoms with Gasteiger partial charge in [0.1, 0.15) is 0 Å². The fourth-order valence-corrected chi connectivity index (χ4v) is 4.00. The Morgan fingerprint density at radius 2 is 2.00 bits per heavy atom. The molecule has 0 saturated carbocycles. The van der Waals surface area contributed by atoms with Gasteiger partial charge in [0, 0.05) is 37.8 Å². The molecule has 2 rings (SSSR count). The van der Waals surface area contributed by atoms with Gasteiger partial charge in [-0.05, 0) is 39.7 Å². The van der Waals surface area contributed by atoms with Gasteiger partial charge in [0.15, 0.2) is 0 Å². The molecule has 0 unspecified atom stereocenters. The minimum absolute atomic E-state index is 0.00523. The molecule has 0 bridgehead atoms. The van der Waals surface area contributed by atoms with E-state index in [2.05, 4.69) is 10.4 Å². The van der Waals surface area contributed by atoms with Crippen LogP contribution < -0.4 is 5.32 Å². The van der Waals surface area contributed by atoms with Gasteiger partial charge in [-0.25, -0.2) is 12.7 Å². The average Bonchev–Trinajstić information content (AvgIpc) is 2.83. The van der Waals surface area contributed by atoms with Crippen molar-refractivity contribution in [1.29, 1.82) is 0 Å². The first-order valence-electron chi connectivity index (χ1n) is 8.10. The first-order chi connectivity index (χ1) is 10.8. The molecule has 8 heteroatoms. The standard InChI is InChI=1S/C15H26N4O3S/c1-4-23(21,22)18-8-5-14(6-9-18)16-15(20)7-10-19-13(3)11-12(2)17-19/h11,14H,4-10H2,1-3H3,(H,16,20). The van der Waals surface area contributed by atoms with E-state index in [1.807, 2.05) is 24.6 Å². The number of rotatable bonds is 6. The highest BCUT2D eigenvalue weighted by Crippen LogP contribution is 2.14. The van der Waals surface area contributed by atoms with Crippen molar-refractivity contribution in [2.45, 2.75) is 52.6 Å². The number of nitrogens with one attached hydrogen (secondary N) is 1. The average molecular weight is 342 g/mol. The van der Waals surface area contributed by atoms with Crippen LogP contribution in [-0.2, 0) is 21.4 Å². The second-order valence-electron chi connectivity index (χ2n) is 6.04. The molecule has 1 amide bonds. The van der Waals surface area contributed by atoms with E-state index in [-0.39, 0.29) is 17.7 Å². The number of piperidine rings is 1. The predicted molar refractivity (Wildman–Crippen MR) is 88.5 cm³/mol. The topological polar surface area (TPSA) is 84.3 Å². The molecular formula is C15H26N4O3S. The Morgan fingerprint density at radius 3 is 2.52 bits per heavy atom. The zero-order valence-corrected chi connectivity index (χ0v) is 14.9. The number of aromatic nitrogens is 2. The van der Waals surface area contributed by atoms with Crippen LogP contribution in [0.3, 0.4) is 0 Å². The summed E-state index contributed by atoms with van der Waals surface area (Å²) in [6.07, 6.45) is 1.73. The van der Waals surface area contributed by atoms with Crippen molar-refractivity contribution in [3.05, 3.63) is 17.5 Å². The maximum atomic E-state index is 12.1. The van der Waals surface area contributed by atoms with Gasteiger partial charge in [-0.2, -0.15) is 5.10 Å². The van der Waals surface area contributed by atoms with Gasteiger partial charge in [0.2, 0.25) is 15.9 Å². The highest BCUT2D eigenvalue weighted by molar-refractivity contribution is 7.89. The Bertz CT molecular complexity index is 646. The summed E-state index contributed by atoms with van der Waals surface area (Å²) < 4.78 is 27.0. The van der Waals surface area contributed by atoms with Crippen LogP contribution in [0.1, 0.15) is 37.6 Å². The number of hydrogen-bond donors (Lipinski definition) is 1. The molecule has 1 saturated heterocycles. The normalized spacial score (nSPS) is 17.3. The number of nitrogens with zero attached hydrogens (tertiary/aromatic N) is 3. The molecule has 0 spiro atoms. The van der Waals surface area contributed by atoms with Gasteiger partial charge in [-0.15, -0.1) is 0 Å². The van der Waals surface area contributed by atoms with Crippen LogP contribution in [0.2, 0.25) is 0 Å². The smallest absolute Gasteiger partial charge is 0.222 e. The third-order valence-corrected chi connectivity index (χ3v) is 6.11. The summed E-state index contributed by atoms with van der Waals surface area (Å²) >= 11 is 0. The molecule has 0 radical (unpaired) electrons. The van der Waals surface area contributed by atoms with Crippen molar-refractivity contribution in [2.24, 2.45) is 0 Å². The Labute approximate surface area is 138 Å². The van der Waals surface area contributed by atoms with Crippen molar-refractivity contribution < 1.29 is 13.2 Å². The Kier molecular flexibility index (Phi) is 5.80. The molecule has 23 heavy (non-hydrogen) atoms. The summed E-state index contributed by atoms with van der Waals surface area (Å²) in [4.78, 5) is 12.1. The van der Waals surface area contributed by atoms with Crippen molar-refractivity contribution in [2.75, 3.05) is 18.8 Å². The van der Waals surface area contributed by atoms with Gasteiger partial charge in [-0.3, -0.25) is 9.48 Å². The number of aryl methyl sites for hydroxylation is 3. The monoisotopic (exact) mass is 342 g/mol. The number of sulfonamides is 1. The summed E-state index contributed by atoms with van der Waals surface area (Å²) in [5.74, 6) is 0.126. The van der Waals surface area contributed by atoms with Gasteiger partial charge in [0.25, 0.3) is 0 Å². The Morgan fingerprint density at radius 1 is 1.35 bits per heavy atom. The molecular weight excluding hydrogens is 316 g/mol. The second kappa shape index (κ2) is 7.44. The van der Waals surface area contributed by atoms with E-state index in [4.69, 9.17) is 0 Å². The molecule has 2 heterocycles. The highest BCUT2D eigenvalue weighted by Gasteiger charge is 2.27. The third-order valence-electron chi connectivity index (χ3n) is 4.23. The van der Waals surface area contributed by atoms with Gasteiger partial charge in [0.05, 0.1) is 11.4 Å². The molecule has 130 valence electrons. The van der Waals surface area contributed by atoms with E-state index in [0.717, 1.165) is 11.4 Å². The summed E-state index contributed by atoms with van der Waals surface area (Å²) in [5.41, 5.74) is 2.00. The maximum Gasteiger partial charge on any atom is 0.222 e. The number of carbonyl (C=O) groups excluding carboxylic acids is 1. The summed E-state index contributed by atoms with van der Waals surface area (Å²) in [6.45, 7) is 7.09. The fourth-order valence-electron chi connectivity index (χ4n) is 2.87. The largest absolute Gasteiger partial charge is 0.353 e. The number of carbonyl (C=O) groups is 1. The van der Waals surface area contributed by atoms with Crippen molar-refractivity contribution >= 4 is 15.9 Å². The SMILES string of the molecule is CCS(=O)(=O)N1CCC(NC(=O)CCn2nc(C)cc2C)CC1. The van der Waals surface area contributed by atoms with E-state index < -0.39 is 10.0 Å². The Hall–Kier alpha value is -1.41. The second-order valence-corrected chi connectivity index (χ2v) is 8.30. The van der Waals surface area contributed by atoms with Crippen LogP contribution in [-0.4, -0.2) is 53.3 Å². The van der Waals surface area contributed by atoms with Gasteiger partial charge >= 0.3 is 0 Å². The third kappa shape index (κ3) is 4.78. The quantitative estimate of drug-likeness (QED) is 0.829. The van der Waals surface area contributed by atoms with Crippen LogP contribution in [0.5, 0.6) is 0 Å². The molecule has 0 atom stereocenters. The lowest BCUT2D eigenvalue weighted by atomic mass is 10.1. The lowest BCUT2D eigenvalue weighted by Crippen LogP contribution is -2.47. The number of amides is 1. The highest BCUT2D eigenvalue weighted by atomic mass is 32.2. The summed E-state index contributed by atoms with van der Waals surface area (Å²) in [6, 6.07) is 2.05. The van der Waals surface area contributed by atoms with E-state index in [0.29, 0.717) is 38.9 Å². The summed E-state index contributed by atoms with van der Waals surface area (Å²) in [5, 5.41) is 7.34. The molecule has 1 aliphatic heterocycles. The molecule has 0 aromatic carbocycles. The summed E-state index contributed by atoms with van der Waals surface area (Å²) in [7, 11) is -3.11. The minimum Gasteiger partial charge on any atom is -0.353 e. The molecule has 0 aliphatic carbocycles. The molecule has 1 N–H and O–H groups in total. The van der Waals surface area contributed by atoms with E-state index in [1.165, 1.54) is 4.31 Å². The van der Waals surface area contributed by atoms with Crippen molar-refractivity contribution in [3.63, 3.8) is 0 Å². The zero-order valence-electron chi connectivity index (χ0n) is 14.1. The van der Waals surface area contributed by atoms with Gasteiger partial charge in [-0.1, -0.05) is 0 Å². The van der Waals surface area contributed by atoms with Crippen molar-refractivity contribution in [1.82, 2.24) is 19.4 Å². The van der Waals surface area contributed by atoms with Crippen molar-refractivity contribution in [3.8, 4) is 0 Å². The molecule has 1 fully saturated rings. The van der Waals surface area contributed by atoms with E-state index >= 15 is 0 Å². The van der Waals surface area contributed by atoms with E-state index in [9.17, 15) is 13.2 Å². The lowest BCUT2D eigenvalue weighted by Gasteiger charge is -2.31. The first kappa shape index (κ1) is 17.9. The minimum atomic E-state index is -3.11. The Balaban J connectivity index is 1.76. The molecule has 7 nitrogen and oxygen atoms in total.